The molecule has 2 saturated carbocycles. The molecule has 17 heavy (non-hydrogen) atoms. The van der Waals surface area contributed by atoms with E-state index in [4.69, 9.17) is 0 Å². The first-order valence-electron chi connectivity index (χ1n) is 7.15. The van der Waals surface area contributed by atoms with Crippen molar-refractivity contribution in [3.8, 4) is 0 Å². The van der Waals surface area contributed by atoms with Crippen LogP contribution in [-0.4, -0.2) is 34.6 Å². The molecule has 3 atom stereocenters. The third kappa shape index (κ3) is 2.82. The first-order chi connectivity index (χ1) is 8.17. The summed E-state index contributed by atoms with van der Waals surface area (Å²) in [5.74, 6) is 0.0328. The molecule has 2 aliphatic rings. The lowest BCUT2D eigenvalue weighted by molar-refractivity contribution is -0.146. The first kappa shape index (κ1) is 12.9. The van der Waals surface area contributed by atoms with E-state index in [0.29, 0.717) is 12.1 Å². The Balaban J connectivity index is 2.08. The molecule has 0 aromatic heterocycles. The molecule has 0 spiro atoms. The number of aliphatic carboxylic acids is 1. The van der Waals surface area contributed by atoms with Gasteiger partial charge in [0.05, 0.1) is 5.92 Å². The van der Waals surface area contributed by atoms with Crippen LogP contribution < -0.4 is 0 Å². The molecule has 3 unspecified atom stereocenters. The third-order valence-corrected chi connectivity index (χ3v) is 4.63. The van der Waals surface area contributed by atoms with Crippen molar-refractivity contribution in [2.75, 3.05) is 6.54 Å². The summed E-state index contributed by atoms with van der Waals surface area (Å²) >= 11 is 0. The van der Waals surface area contributed by atoms with E-state index in [1.807, 2.05) is 0 Å². The summed E-state index contributed by atoms with van der Waals surface area (Å²) < 4.78 is 0. The number of nitrogens with zero attached hydrogens (tertiary/aromatic N) is 1. The highest BCUT2D eigenvalue weighted by Crippen LogP contribution is 2.39. The molecule has 98 valence electrons. The Bertz CT molecular complexity index is 275. The highest BCUT2D eigenvalue weighted by molar-refractivity contribution is 5.71. The van der Waals surface area contributed by atoms with Crippen molar-refractivity contribution in [2.45, 2.75) is 64.5 Å². The molecule has 0 bridgehead atoms. The maximum Gasteiger partial charge on any atom is 0.308 e. The van der Waals surface area contributed by atoms with Crippen LogP contribution in [0.2, 0.25) is 0 Å². The van der Waals surface area contributed by atoms with E-state index in [1.165, 1.54) is 19.3 Å². The minimum Gasteiger partial charge on any atom is -0.481 e. The molecule has 0 saturated heterocycles. The third-order valence-electron chi connectivity index (χ3n) is 4.63. The summed E-state index contributed by atoms with van der Waals surface area (Å²) in [4.78, 5) is 13.9. The van der Waals surface area contributed by atoms with Gasteiger partial charge in [-0.15, -0.1) is 0 Å². The summed E-state index contributed by atoms with van der Waals surface area (Å²) in [5, 5.41) is 9.39. The van der Waals surface area contributed by atoms with Crippen molar-refractivity contribution < 1.29 is 9.90 Å². The van der Waals surface area contributed by atoms with Gasteiger partial charge in [0.2, 0.25) is 0 Å². The van der Waals surface area contributed by atoms with Crippen molar-refractivity contribution in [3.05, 3.63) is 0 Å². The lowest BCUT2D eigenvalue weighted by atomic mass is 9.76. The molecular formula is C14H25NO2. The van der Waals surface area contributed by atoms with Crippen molar-refractivity contribution in [2.24, 2.45) is 11.8 Å². The molecule has 0 aliphatic heterocycles. The van der Waals surface area contributed by atoms with Gasteiger partial charge >= 0.3 is 5.97 Å². The Morgan fingerprint density at radius 2 is 1.94 bits per heavy atom. The molecule has 0 radical (unpaired) electrons. The van der Waals surface area contributed by atoms with Crippen LogP contribution in [0.4, 0.5) is 0 Å². The molecule has 2 aliphatic carbocycles. The quantitative estimate of drug-likeness (QED) is 0.802. The van der Waals surface area contributed by atoms with Gasteiger partial charge in [-0.25, -0.2) is 0 Å². The summed E-state index contributed by atoms with van der Waals surface area (Å²) in [6.45, 7) is 5.42. The molecule has 0 amide bonds. The number of carboxylic acids is 1. The topological polar surface area (TPSA) is 40.5 Å². The largest absolute Gasteiger partial charge is 0.481 e. The Morgan fingerprint density at radius 1 is 1.24 bits per heavy atom. The van der Waals surface area contributed by atoms with Gasteiger partial charge in [-0.2, -0.15) is 0 Å². The fourth-order valence-corrected chi connectivity index (χ4v) is 3.43. The molecule has 1 N–H and O–H groups in total. The number of rotatable bonds is 5. The predicted molar refractivity (Wildman–Crippen MR) is 67.9 cm³/mol. The molecule has 2 fully saturated rings. The molecule has 0 aromatic carbocycles. The van der Waals surface area contributed by atoms with Crippen LogP contribution in [0.15, 0.2) is 0 Å². The van der Waals surface area contributed by atoms with Gasteiger partial charge in [-0.1, -0.05) is 20.3 Å². The Morgan fingerprint density at radius 3 is 2.41 bits per heavy atom. The van der Waals surface area contributed by atoms with Gasteiger partial charge < -0.3 is 5.11 Å². The number of hydrogen-bond acceptors (Lipinski definition) is 2. The van der Waals surface area contributed by atoms with E-state index in [2.05, 4.69) is 18.7 Å². The van der Waals surface area contributed by atoms with Crippen molar-refractivity contribution in [1.29, 1.82) is 0 Å². The Kier molecular flexibility index (Phi) is 4.08. The van der Waals surface area contributed by atoms with Gasteiger partial charge in [-0.05, 0) is 44.6 Å². The monoisotopic (exact) mass is 239 g/mol. The van der Waals surface area contributed by atoms with Gasteiger partial charge in [0.25, 0.3) is 0 Å². The standard InChI is InChI=1S/C14H25NO2/c1-3-10-5-8-12(14(16)17)13(9-10)15(4-2)11-6-7-11/h10-13H,3-9H2,1-2H3,(H,16,17). The number of carboxylic acid groups (broad SMARTS) is 1. The van der Waals surface area contributed by atoms with E-state index in [-0.39, 0.29) is 5.92 Å². The van der Waals surface area contributed by atoms with Crippen LogP contribution in [0, 0.1) is 11.8 Å². The summed E-state index contributed by atoms with van der Waals surface area (Å²) in [6.07, 6.45) is 6.82. The lowest BCUT2D eigenvalue weighted by Crippen LogP contribution is -2.48. The van der Waals surface area contributed by atoms with Crippen LogP contribution in [0.3, 0.4) is 0 Å². The smallest absolute Gasteiger partial charge is 0.308 e. The van der Waals surface area contributed by atoms with Crippen molar-refractivity contribution >= 4 is 5.97 Å². The fraction of sp³-hybridized carbons (Fsp3) is 0.929. The average Bonchev–Trinajstić information content (AvgIpc) is 3.14. The van der Waals surface area contributed by atoms with E-state index in [0.717, 1.165) is 31.7 Å². The molecule has 0 heterocycles. The second-order valence-corrected chi connectivity index (χ2v) is 5.66. The minimum atomic E-state index is -0.580. The SMILES string of the molecule is CCC1CCC(C(=O)O)C(N(CC)C2CC2)C1. The molecule has 3 heteroatoms. The lowest BCUT2D eigenvalue weighted by Gasteiger charge is -2.40. The highest BCUT2D eigenvalue weighted by Gasteiger charge is 2.42. The van der Waals surface area contributed by atoms with Gasteiger partial charge in [0, 0.05) is 12.1 Å². The van der Waals surface area contributed by atoms with Gasteiger partial charge in [-0.3, -0.25) is 9.69 Å². The van der Waals surface area contributed by atoms with E-state index >= 15 is 0 Å². The highest BCUT2D eigenvalue weighted by atomic mass is 16.4. The first-order valence-corrected chi connectivity index (χ1v) is 7.15. The summed E-state index contributed by atoms with van der Waals surface area (Å²) in [6, 6.07) is 0.978. The van der Waals surface area contributed by atoms with E-state index < -0.39 is 5.97 Å². The normalized spacial score (nSPS) is 33.9. The second-order valence-electron chi connectivity index (χ2n) is 5.66. The van der Waals surface area contributed by atoms with Gasteiger partial charge in [0.1, 0.15) is 0 Å². The maximum atomic E-state index is 11.4. The average molecular weight is 239 g/mol. The Labute approximate surface area is 104 Å². The van der Waals surface area contributed by atoms with Crippen LogP contribution in [0.25, 0.3) is 0 Å². The number of hydrogen-bond donors (Lipinski definition) is 1. The summed E-state index contributed by atoms with van der Waals surface area (Å²) in [5.41, 5.74) is 0. The molecule has 3 nitrogen and oxygen atoms in total. The zero-order valence-corrected chi connectivity index (χ0v) is 11.1. The van der Waals surface area contributed by atoms with Crippen LogP contribution in [0.5, 0.6) is 0 Å². The zero-order chi connectivity index (χ0) is 12.4. The maximum absolute atomic E-state index is 11.4. The van der Waals surface area contributed by atoms with Crippen LogP contribution in [0.1, 0.15) is 52.4 Å². The Hall–Kier alpha value is -0.570. The summed E-state index contributed by atoms with van der Waals surface area (Å²) in [7, 11) is 0. The van der Waals surface area contributed by atoms with E-state index in [9.17, 15) is 9.90 Å². The molecule has 2 rings (SSSR count). The predicted octanol–water partition coefficient (Wildman–Crippen LogP) is 2.75. The zero-order valence-electron chi connectivity index (χ0n) is 11.1. The van der Waals surface area contributed by atoms with Gasteiger partial charge in [0.15, 0.2) is 0 Å². The van der Waals surface area contributed by atoms with E-state index in [1.54, 1.807) is 0 Å². The molecule has 0 aromatic rings. The van der Waals surface area contributed by atoms with Crippen molar-refractivity contribution in [1.82, 2.24) is 4.90 Å². The second kappa shape index (κ2) is 5.38. The molecular weight excluding hydrogens is 214 g/mol. The van der Waals surface area contributed by atoms with Crippen LogP contribution >= 0.6 is 0 Å². The minimum absolute atomic E-state index is 0.127. The number of carbonyl (C=O) groups is 1. The van der Waals surface area contributed by atoms with Crippen LogP contribution in [-0.2, 0) is 4.79 Å². The van der Waals surface area contributed by atoms with Crippen molar-refractivity contribution in [3.63, 3.8) is 0 Å². The fourth-order valence-electron chi connectivity index (χ4n) is 3.43.